The van der Waals surface area contributed by atoms with Crippen molar-refractivity contribution >= 4 is 44.2 Å². The molecule has 1 aliphatic carbocycles. The zero-order valence-electron chi connectivity index (χ0n) is 19.3. The maximum Gasteiger partial charge on any atom is 0.150 e. The van der Waals surface area contributed by atoms with Crippen molar-refractivity contribution in [2.45, 2.75) is 18.3 Å². The Morgan fingerprint density at radius 1 is 0.600 bits per heavy atom. The van der Waals surface area contributed by atoms with Crippen LogP contribution in [0.25, 0.3) is 37.9 Å². The molecular formula is C34H24O. The highest BCUT2D eigenvalue weighted by Gasteiger charge is 2.31. The summed E-state index contributed by atoms with van der Waals surface area (Å²) in [6, 6.07) is 39.2. The lowest BCUT2D eigenvalue weighted by Crippen LogP contribution is -2.05. The van der Waals surface area contributed by atoms with E-state index >= 15 is 0 Å². The Labute approximate surface area is 204 Å². The van der Waals surface area contributed by atoms with Gasteiger partial charge in [0.15, 0.2) is 0 Å². The Hall–Kier alpha value is -4.23. The summed E-state index contributed by atoms with van der Waals surface area (Å²) in [6.45, 7) is 0. The molecule has 7 rings (SSSR count). The summed E-state index contributed by atoms with van der Waals surface area (Å²) in [4.78, 5) is 11.2. The predicted molar refractivity (Wildman–Crippen MR) is 146 cm³/mol. The number of hydrogen-bond acceptors (Lipinski definition) is 1. The molecule has 0 spiro atoms. The Kier molecular flexibility index (Phi) is 4.57. The molecular weight excluding hydrogens is 424 g/mol. The zero-order valence-corrected chi connectivity index (χ0v) is 19.3. The van der Waals surface area contributed by atoms with Gasteiger partial charge in [-0.3, -0.25) is 4.79 Å². The fraction of sp³-hybridized carbons (Fsp3) is 0.0882. The fourth-order valence-electron chi connectivity index (χ4n) is 6.13. The van der Waals surface area contributed by atoms with Crippen LogP contribution >= 0.6 is 0 Å². The van der Waals surface area contributed by atoms with Crippen LogP contribution in [0.15, 0.2) is 115 Å². The van der Waals surface area contributed by atoms with Crippen LogP contribution in [0.5, 0.6) is 0 Å². The monoisotopic (exact) mass is 448 g/mol. The molecule has 6 aromatic rings. The van der Waals surface area contributed by atoms with Gasteiger partial charge in [0.05, 0.1) is 0 Å². The maximum atomic E-state index is 11.2. The van der Waals surface area contributed by atoms with E-state index in [4.69, 9.17) is 0 Å². The maximum absolute atomic E-state index is 11.2. The third-order valence-electron chi connectivity index (χ3n) is 7.81. The molecule has 166 valence electrons. The number of allylic oxidation sites excluding steroid dienone is 2. The van der Waals surface area contributed by atoms with Crippen LogP contribution in [0, 0.1) is 0 Å². The van der Waals surface area contributed by atoms with Gasteiger partial charge in [0.25, 0.3) is 0 Å². The molecule has 1 aliphatic rings. The van der Waals surface area contributed by atoms with Crippen LogP contribution in [0.3, 0.4) is 0 Å². The van der Waals surface area contributed by atoms with Crippen molar-refractivity contribution in [3.63, 3.8) is 0 Å². The van der Waals surface area contributed by atoms with Crippen LogP contribution in [0.2, 0.25) is 0 Å². The molecule has 1 unspecified atom stereocenters. The van der Waals surface area contributed by atoms with Gasteiger partial charge >= 0.3 is 0 Å². The van der Waals surface area contributed by atoms with Crippen LogP contribution in [0.1, 0.15) is 45.3 Å². The van der Waals surface area contributed by atoms with Crippen molar-refractivity contribution in [2.24, 2.45) is 0 Å². The molecule has 0 amide bonds. The van der Waals surface area contributed by atoms with E-state index in [2.05, 4.69) is 103 Å². The van der Waals surface area contributed by atoms with E-state index in [-0.39, 0.29) is 5.92 Å². The Balaban J connectivity index is 1.42. The smallest absolute Gasteiger partial charge is 0.150 e. The molecule has 0 aromatic heterocycles. The SMILES string of the molecule is O=Cc1ccc(C2C=C(c3ccc4ccc5cccc6ccc3c4c56)C[C@H]2c2ccccc2)cc1. The molecule has 6 aromatic carbocycles. The highest BCUT2D eigenvalue weighted by atomic mass is 16.1. The Morgan fingerprint density at radius 2 is 1.29 bits per heavy atom. The van der Waals surface area contributed by atoms with Gasteiger partial charge in [0, 0.05) is 11.5 Å². The van der Waals surface area contributed by atoms with Crippen LogP contribution in [-0.4, -0.2) is 6.29 Å². The highest BCUT2D eigenvalue weighted by molar-refractivity contribution is 6.24. The number of aldehydes is 1. The average Bonchev–Trinajstić information content (AvgIpc) is 3.37. The van der Waals surface area contributed by atoms with Crippen molar-refractivity contribution in [3.8, 4) is 0 Å². The molecule has 0 fully saturated rings. The third kappa shape index (κ3) is 3.19. The van der Waals surface area contributed by atoms with Crippen LogP contribution < -0.4 is 0 Å². The van der Waals surface area contributed by atoms with Gasteiger partial charge < -0.3 is 0 Å². The fourth-order valence-corrected chi connectivity index (χ4v) is 6.13. The van der Waals surface area contributed by atoms with Crippen molar-refractivity contribution in [2.75, 3.05) is 0 Å². The van der Waals surface area contributed by atoms with Crippen molar-refractivity contribution in [3.05, 3.63) is 138 Å². The second-order valence-electron chi connectivity index (χ2n) is 9.69. The molecule has 0 bridgehead atoms. The molecule has 35 heavy (non-hydrogen) atoms. The van der Waals surface area contributed by atoms with E-state index in [0.29, 0.717) is 5.92 Å². The lowest BCUT2D eigenvalue weighted by molar-refractivity contribution is 0.112. The molecule has 0 aliphatic heterocycles. The van der Waals surface area contributed by atoms with Crippen molar-refractivity contribution in [1.29, 1.82) is 0 Å². The van der Waals surface area contributed by atoms with E-state index in [1.807, 2.05) is 12.1 Å². The standard InChI is InChI=1S/C34H24O/c35-21-22-9-11-24(12-10-22)32-20-28(19-31(32)23-5-2-1-3-6-23)29-17-15-27-14-13-25-7-4-8-26-16-18-30(29)34(27)33(25)26/h1-18,20-21,31-32H,19H2/t31-,32?/m0/s1. The molecule has 0 saturated heterocycles. The van der Waals surface area contributed by atoms with Gasteiger partial charge in [0.2, 0.25) is 0 Å². The van der Waals surface area contributed by atoms with Crippen molar-refractivity contribution in [1.82, 2.24) is 0 Å². The molecule has 1 heteroatoms. The van der Waals surface area contributed by atoms with E-state index in [9.17, 15) is 4.79 Å². The van der Waals surface area contributed by atoms with Crippen LogP contribution in [0.4, 0.5) is 0 Å². The minimum absolute atomic E-state index is 0.270. The summed E-state index contributed by atoms with van der Waals surface area (Å²) in [5.74, 6) is 0.637. The average molecular weight is 449 g/mol. The number of carbonyl (C=O) groups excluding carboxylic acids is 1. The number of carbonyl (C=O) groups is 1. The lowest BCUT2D eigenvalue weighted by atomic mass is 9.83. The summed E-state index contributed by atoms with van der Waals surface area (Å²) >= 11 is 0. The second kappa shape index (κ2) is 7.92. The van der Waals surface area contributed by atoms with Gasteiger partial charge in [-0.15, -0.1) is 0 Å². The molecule has 2 atom stereocenters. The van der Waals surface area contributed by atoms with E-state index in [1.165, 1.54) is 54.6 Å². The van der Waals surface area contributed by atoms with Gasteiger partial charge in [-0.2, -0.15) is 0 Å². The lowest BCUT2D eigenvalue weighted by Gasteiger charge is -2.20. The van der Waals surface area contributed by atoms with Crippen LogP contribution in [-0.2, 0) is 0 Å². The summed E-state index contributed by atoms with van der Waals surface area (Å²) in [6.07, 6.45) is 4.38. The molecule has 1 nitrogen and oxygen atoms in total. The number of hydrogen-bond donors (Lipinski definition) is 0. The van der Waals surface area contributed by atoms with Gasteiger partial charge in [0.1, 0.15) is 6.29 Å². The summed E-state index contributed by atoms with van der Waals surface area (Å²) in [5.41, 5.74) is 6.09. The summed E-state index contributed by atoms with van der Waals surface area (Å²) in [5, 5.41) is 7.97. The highest BCUT2D eigenvalue weighted by Crippen LogP contribution is 2.49. The zero-order chi connectivity index (χ0) is 23.4. The Morgan fingerprint density at radius 3 is 2.03 bits per heavy atom. The van der Waals surface area contributed by atoms with E-state index < -0.39 is 0 Å². The largest absolute Gasteiger partial charge is 0.298 e. The minimum atomic E-state index is 0.270. The van der Waals surface area contributed by atoms with E-state index in [0.717, 1.165) is 18.3 Å². The first kappa shape index (κ1) is 20.2. The van der Waals surface area contributed by atoms with Gasteiger partial charge in [-0.05, 0) is 66.9 Å². The minimum Gasteiger partial charge on any atom is -0.298 e. The van der Waals surface area contributed by atoms with Gasteiger partial charge in [-0.25, -0.2) is 0 Å². The van der Waals surface area contributed by atoms with Crippen molar-refractivity contribution < 1.29 is 4.79 Å². The molecule has 0 N–H and O–H groups in total. The number of rotatable bonds is 4. The normalized spacial score (nSPS) is 17.9. The second-order valence-corrected chi connectivity index (χ2v) is 9.69. The Bertz CT molecular complexity index is 1710. The third-order valence-corrected chi connectivity index (χ3v) is 7.81. The van der Waals surface area contributed by atoms with Gasteiger partial charge in [-0.1, -0.05) is 115 Å². The topological polar surface area (TPSA) is 17.1 Å². The predicted octanol–water partition coefficient (Wildman–Crippen LogP) is 8.75. The number of benzene rings is 6. The molecule has 0 heterocycles. The quantitative estimate of drug-likeness (QED) is 0.195. The molecule has 0 radical (unpaired) electrons. The molecule has 0 saturated carbocycles. The first-order valence-electron chi connectivity index (χ1n) is 12.3. The first-order valence-corrected chi connectivity index (χ1v) is 12.3. The first-order chi connectivity index (χ1) is 17.3. The summed E-state index contributed by atoms with van der Waals surface area (Å²) in [7, 11) is 0. The summed E-state index contributed by atoms with van der Waals surface area (Å²) < 4.78 is 0. The van der Waals surface area contributed by atoms with E-state index in [1.54, 1.807) is 0 Å².